The molecule has 110 valence electrons. The summed E-state index contributed by atoms with van der Waals surface area (Å²) in [6.07, 6.45) is 4.43. The van der Waals surface area contributed by atoms with Crippen LogP contribution in [-0.2, 0) is 0 Å². The molecular weight excluding hydrogens is 248 g/mol. The molecule has 0 aromatic heterocycles. The highest BCUT2D eigenvalue weighted by Crippen LogP contribution is 2.32. The first-order valence-corrected chi connectivity index (χ1v) is 8.05. The summed E-state index contributed by atoms with van der Waals surface area (Å²) in [6.45, 7) is 6.83. The molecule has 1 aromatic rings. The van der Waals surface area contributed by atoms with Crippen molar-refractivity contribution in [2.24, 2.45) is 0 Å². The molecule has 0 spiro atoms. The van der Waals surface area contributed by atoms with Crippen LogP contribution in [0.5, 0.6) is 0 Å². The molecule has 3 heteroatoms. The Balaban J connectivity index is 1.74. The van der Waals surface area contributed by atoms with Gasteiger partial charge in [-0.1, -0.05) is 25.1 Å². The fourth-order valence-electron chi connectivity index (χ4n) is 3.64. The van der Waals surface area contributed by atoms with Crippen molar-refractivity contribution >= 4 is 5.69 Å². The molecule has 2 aliphatic rings. The van der Waals surface area contributed by atoms with Crippen LogP contribution in [0.15, 0.2) is 24.3 Å². The van der Waals surface area contributed by atoms with E-state index < -0.39 is 0 Å². The predicted molar refractivity (Wildman–Crippen MR) is 83.1 cm³/mol. The van der Waals surface area contributed by atoms with Gasteiger partial charge in [0.1, 0.15) is 0 Å². The van der Waals surface area contributed by atoms with E-state index in [9.17, 15) is 5.11 Å². The number of anilines is 1. The second-order valence-corrected chi connectivity index (χ2v) is 6.11. The second-order valence-electron chi connectivity index (χ2n) is 6.11. The average molecular weight is 274 g/mol. The van der Waals surface area contributed by atoms with Gasteiger partial charge in [0.2, 0.25) is 0 Å². The van der Waals surface area contributed by atoms with Crippen LogP contribution < -0.4 is 4.90 Å². The number of hydrogen-bond donors (Lipinski definition) is 1. The topological polar surface area (TPSA) is 26.7 Å². The van der Waals surface area contributed by atoms with Gasteiger partial charge in [0.05, 0.1) is 6.10 Å². The van der Waals surface area contributed by atoms with Crippen molar-refractivity contribution in [1.82, 2.24) is 4.90 Å². The largest absolute Gasteiger partial charge is 0.388 e. The lowest BCUT2D eigenvalue weighted by Crippen LogP contribution is -2.35. The summed E-state index contributed by atoms with van der Waals surface area (Å²) >= 11 is 0. The van der Waals surface area contributed by atoms with Gasteiger partial charge in [-0.25, -0.2) is 0 Å². The molecule has 0 radical (unpaired) electrons. The fraction of sp³-hybridized carbons (Fsp3) is 0.647. The second kappa shape index (κ2) is 6.15. The fourth-order valence-corrected chi connectivity index (χ4v) is 3.64. The van der Waals surface area contributed by atoms with E-state index >= 15 is 0 Å². The summed E-state index contributed by atoms with van der Waals surface area (Å²) in [5.74, 6) is 0. The van der Waals surface area contributed by atoms with Crippen molar-refractivity contribution in [3.8, 4) is 0 Å². The minimum absolute atomic E-state index is 0.336. The molecular formula is C17H26N2O. The maximum atomic E-state index is 10.2. The van der Waals surface area contributed by atoms with Crippen LogP contribution in [0, 0.1) is 0 Å². The van der Waals surface area contributed by atoms with Gasteiger partial charge in [0.15, 0.2) is 0 Å². The molecule has 0 aliphatic carbocycles. The number of hydrogen-bond acceptors (Lipinski definition) is 3. The summed E-state index contributed by atoms with van der Waals surface area (Å²) in [7, 11) is 0. The normalized spacial score (nSPS) is 25.3. The molecule has 20 heavy (non-hydrogen) atoms. The first-order valence-electron chi connectivity index (χ1n) is 8.05. The van der Waals surface area contributed by atoms with E-state index in [1.807, 2.05) is 13.0 Å². The molecule has 0 saturated carbocycles. The van der Waals surface area contributed by atoms with E-state index in [0.29, 0.717) is 6.04 Å². The molecule has 0 bridgehead atoms. The molecule has 2 heterocycles. The molecule has 3 rings (SSSR count). The van der Waals surface area contributed by atoms with Crippen LogP contribution >= 0.6 is 0 Å². The Kier molecular flexibility index (Phi) is 4.27. The number of benzene rings is 1. The molecule has 1 unspecified atom stereocenters. The zero-order chi connectivity index (χ0) is 13.9. The maximum Gasteiger partial charge on any atom is 0.0807 e. The summed E-state index contributed by atoms with van der Waals surface area (Å²) in [5, 5.41) is 10.2. The monoisotopic (exact) mass is 274 g/mol. The van der Waals surface area contributed by atoms with E-state index in [2.05, 4.69) is 28.0 Å². The van der Waals surface area contributed by atoms with Gasteiger partial charge in [0.25, 0.3) is 0 Å². The van der Waals surface area contributed by atoms with Crippen LogP contribution in [-0.4, -0.2) is 42.2 Å². The zero-order valence-corrected chi connectivity index (χ0v) is 12.5. The minimum Gasteiger partial charge on any atom is -0.388 e. The van der Waals surface area contributed by atoms with E-state index in [-0.39, 0.29) is 6.10 Å². The van der Waals surface area contributed by atoms with Crippen LogP contribution in [0.2, 0.25) is 0 Å². The highest BCUT2D eigenvalue weighted by atomic mass is 16.3. The van der Waals surface area contributed by atoms with Crippen LogP contribution in [0.3, 0.4) is 0 Å². The molecule has 0 amide bonds. The van der Waals surface area contributed by atoms with Gasteiger partial charge in [-0.3, -0.25) is 4.90 Å². The first-order chi connectivity index (χ1) is 9.79. The third kappa shape index (κ3) is 2.70. The number of likely N-dealkylation sites (tertiary alicyclic amines) is 1. The Morgan fingerprint density at radius 2 is 1.95 bits per heavy atom. The van der Waals surface area contributed by atoms with Crippen molar-refractivity contribution < 1.29 is 5.11 Å². The molecule has 2 atom stereocenters. The van der Waals surface area contributed by atoms with E-state index in [1.54, 1.807) is 0 Å². The molecule has 3 nitrogen and oxygen atoms in total. The summed E-state index contributed by atoms with van der Waals surface area (Å²) in [5.41, 5.74) is 2.33. The Hall–Kier alpha value is -1.06. The Bertz CT molecular complexity index is 442. The van der Waals surface area contributed by atoms with Gasteiger partial charge in [-0.15, -0.1) is 0 Å². The van der Waals surface area contributed by atoms with E-state index in [1.165, 1.54) is 38.0 Å². The van der Waals surface area contributed by atoms with Gasteiger partial charge >= 0.3 is 0 Å². The lowest BCUT2D eigenvalue weighted by molar-refractivity contribution is 0.174. The highest BCUT2D eigenvalue weighted by molar-refractivity contribution is 5.55. The highest BCUT2D eigenvalue weighted by Gasteiger charge is 2.30. The number of aliphatic hydroxyl groups excluding tert-OH is 1. The zero-order valence-electron chi connectivity index (χ0n) is 12.5. The Labute approximate surface area is 122 Å². The van der Waals surface area contributed by atoms with Crippen molar-refractivity contribution in [3.63, 3.8) is 0 Å². The standard InChI is InChI=1S/C17H26N2O/c1-2-17(20)15-7-3-4-8-16(15)19-12-9-14(13-19)18-10-5-6-11-18/h3-4,7-8,14,17,20H,2,5-6,9-13H2,1H3/t14?,17-/m1/s1. The third-order valence-corrected chi connectivity index (χ3v) is 4.84. The van der Waals surface area contributed by atoms with Crippen LogP contribution in [0.4, 0.5) is 5.69 Å². The lowest BCUT2D eigenvalue weighted by atomic mass is 10.0. The molecule has 2 saturated heterocycles. The van der Waals surface area contributed by atoms with E-state index in [0.717, 1.165) is 25.1 Å². The summed E-state index contributed by atoms with van der Waals surface area (Å²) in [6, 6.07) is 9.08. The first kappa shape index (κ1) is 13.9. The molecule has 2 aliphatic heterocycles. The minimum atomic E-state index is -0.336. The molecule has 1 aromatic carbocycles. The van der Waals surface area contributed by atoms with Crippen LogP contribution in [0.1, 0.15) is 44.3 Å². The number of aliphatic hydroxyl groups is 1. The molecule has 1 N–H and O–H groups in total. The van der Waals surface area contributed by atoms with Crippen molar-refractivity contribution in [3.05, 3.63) is 29.8 Å². The number of para-hydroxylation sites is 1. The SMILES string of the molecule is CC[C@@H](O)c1ccccc1N1CCC(N2CCCC2)C1. The van der Waals surface area contributed by atoms with Gasteiger partial charge in [0, 0.05) is 30.4 Å². The molecule has 2 fully saturated rings. The average Bonchev–Trinajstić information content (AvgIpc) is 3.17. The van der Waals surface area contributed by atoms with Gasteiger partial charge in [-0.05, 0) is 44.8 Å². The lowest BCUT2D eigenvalue weighted by Gasteiger charge is -2.26. The van der Waals surface area contributed by atoms with Crippen molar-refractivity contribution in [1.29, 1.82) is 0 Å². The Morgan fingerprint density at radius 1 is 1.20 bits per heavy atom. The van der Waals surface area contributed by atoms with Crippen molar-refractivity contribution in [2.75, 3.05) is 31.1 Å². The van der Waals surface area contributed by atoms with Gasteiger partial charge < -0.3 is 10.0 Å². The van der Waals surface area contributed by atoms with Crippen molar-refractivity contribution in [2.45, 2.75) is 44.8 Å². The Morgan fingerprint density at radius 3 is 2.70 bits per heavy atom. The van der Waals surface area contributed by atoms with Gasteiger partial charge in [-0.2, -0.15) is 0 Å². The quantitative estimate of drug-likeness (QED) is 0.914. The smallest absolute Gasteiger partial charge is 0.0807 e. The van der Waals surface area contributed by atoms with Crippen LogP contribution in [0.25, 0.3) is 0 Å². The van der Waals surface area contributed by atoms with E-state index in [4.69, 9.17) is 0 Å². The summed E-state index contributed by atoms with van der Waals surface area (Å²) in [4.78, 5) is 5.12. The maximum absolute atomic E-state index is 10.2. The predicted octanol–water partition coefficient (Wildman–Crippen LogP) is 2.80. The summed E-state index contributed by atoms with van der Waals surface area (Å²) < 4.78 is 0. The number of rotatable bonds is 4. The third-order valence-electron chi connectivity index (χ3n) is 4.84. The number of nitrogens with zero attached hydrogens (tertiary/aromatic N) is 2.